The lowest BCUT2D eigenvalue weighted by molar-refractivity contribution is -0.377. The van der Waals surface area contributed by atoms with Crippen LogP contribution in [0.4, 0.5) is 0 Å². The van der Waals surface area contributed by atoms with Gasteiger partial charge in [0.1, 0.15) is 5.57 Å². The molecular weight excluding hydrogens is 496 g/mol. The molecule has 0 bridgehead atoms. The molecule has 200 valence electrons. The molecule has 2 aromatic rings. The third-order valence-electron chi connectivity index (χ3n) is 6.80. The Labute approximate surface area is 219 Å². The second-order valence-electron chi connectivity index (χ2n) is 8.32. The van der Waals surface area contributed by atoms with Crippen LogP contribution in [-0.4, -0.2) is 77.7 Å². The first kappa shape index (κ1) is 27.4. The molecule has 1 aliphatic heterocycles. The summed E-state index contributed by atoms with van der Waals surface area (Å²) in [4.78, 5) is 41.4. The van der Waals surface area contributed by atoms with E-state index < -0.39 is 46.2 Å². The number of ether oxygens (including phenoxy) is 7. The van der Waals surface area contributed by atoms with Gasteiger partial charge in [-0.05, 0) is 11.1 Å². The fourth-order valence-electron chi connectivity index (χ4n) is 5.26. The van der Waals surface area contributed by atoms with Gasteiger partial charge in [-0.15, -0.1) is 0 Å². The van der Waals surface area contributed by atoms with Crippen molar-refractivity contribution in [3.63, 3.8) is 0 Å². The van der Waals surface area contributed by atoms with Gasteiger partial charge >= 0.3 is 17.9 Å². The minimum absolute atomic E-state index is 0.133. The van der Waals surface area contributed by atoms with Crippen molar-refractivity contribution in [2.75, 3.05) is 42.7 Å². The van der Waals surface area contributed by atoms with Crippen LogP contribution in [0.1, 0.15) is 11.1 Å². The Bertz CT molecular complexity index is 1300. The average molecular weight is 525 g/mol. The number of benzene rings is 2. The SMILES string of the molecule is COC(=O)C1=C(C(=O)OC)C2(OC1(OC)OC)C(c1ccccc1)=C(c1ccccc1)C(=O)C2(OC)OC. The molecule has 2 aromatic carbocycles. The molecule has 4 rings (SSSR count). The van der Waals surface area contributed by atoms with E-state index in [1.807, 2.05) is 0 Å². The lowest BCUT2D eigenvalue weighted by atomic mass is 9.78. The first-order chi connectivity index (χ1) is 18.3. The molecule has 0 amide bonds. The van der Waals surface area contributed by atoms with Crippen LogP contribution >= 0.6 is 0 Å². The highest BCUT2D eigenvalue weighted by Crippen LogP contribution is 2.63. The molecule has 0 fully saturated rings. The molecule has 0 saturated heterocycles. The van der Waals surface area contributed by atoms with E-state index in [0.717, 1.165) is 14.2 Å². The molecule has 10 heteroatoms. The summed E-state index contributed by atoms with van der Waals surface area (Å²) >= 11 is 0. The van der Waals surface area contributed by atoms with Gasteiger partial charge in [0.15, 0.2) is 5.60 Å². The molecule has 2 aliphatic rings. The van der Waals surface area contributed by atoms with Crippen molar-refractivity contribution in [2.24, 2.45) is 0 Å². The third-order valence-corrected chi connectivity index (χ3v) is 6.80. The van der Waals surface area contributed by atoms with Gasteiger partial charge in [-0.3, -0.25) is 4.79 Å². The number of carbonyl (C=O) groups excluding carboxylic acids is 3. The molecular formula is C28H28O10. The molecule has 0 aromatic heterocycles. The summed E-state index contributed by atoms with van der Waals surface area (Å²) in [6, 6.07) is 17.5. The van der Waals surface area contributed by atoms with Gasteiger partial charge in [-0.1, -0.05) is 60.7 Å². The number of Topliss-reactive ketones (excluding diaryl/α,β-unsaturated/α-hetero) is 1. The van der Waals surface area contributed by atoms with Gasteiger partial charge in [0.25, 0.3) is 5.79 Å². The van der Waals surface area contributed by atoms with Crippen LogP contribution in [0.5, 0.6) is 0 Å². The van der Waals surface area contributed by atoms with Crippen molar-refractivity contribution in [3.05, 3.63) is 82.9 Å². The highest BCUT2D eigenvalue weighted by molar-refractivity contribution is 6.38. The Kier molecular flexibility index (Phi) is 7.37. The lowest BCUT2D eigenvalue weighted by Gasteiger charge is -2.43. The van der Waals surface area contributed by atoms with Gasteiger partial charge in [0, 0.05) is 39.6 Å². The normalized spacial score (nSPS) is 21.8. The predicted octanol–water partition coefficient (Wildman–Crippen LogP) is 2.53. The lowest BCUT2D eigenvalue weighted by Crippen LogP contribution is -2.62. The van der Waals surface area contributed by atoms with E-state index in [1.54, 1.807) is 60.7 Å². The Morgan fingerprint density at radius 2 is 1.13 bits per heavy atom. The number of ketones is 1. The quantitative estimate of drug-likeness (QED) is 0.377. The highest BCUT2D eigenvalue weighted by atomic mass is 16.9. The first-order valence-electron chi connectivity index (χ1n) is 11.5. The molecule has 1 atom stereocenters. The van der Waals surface area contributed by atoms with E-state index in [9.17, 15) is 14.4 Å². The smallest absolute Gasteiger partial charge is 0.342 e. The molecule has 0 saturated carbocycles. The predicted molar refractivity (Wildman–Crippen MR) is 133 cm³/mol. The van der Waals surface area contributed by atoms with Crippen molar-refractivity contribution in [3.8, 4) is 0 Å². The number of esters is 2. The van der Waals surface area contributed by atoms with Crippen LogP contribution in [0, 0.1) is 0 Å². The summed E-state index contributed by atoms with van der Waals surface area (Å²) in [5.41, 5.74) is -1.88. The zero-order valence-electron chi connectivity index (χ0n) is 21.9. The summed E-state index contributed by atoms with van der Waals surface area (Å²) in [5.74, 6) is -7.34. The monoisotopic (exact) mass is 524 g/mol. The number of carbonyl (C=O) groups is 3. The molecule has 1 heterocycles. The standard InChI is InChI=1S/C28H28O10/c1-32-24(30)21-22(25(31)33-2)28(36-5,37-6)38-26(21)20(18-15-11-8-12-16-18)19(17-13-9-7-10-14-17)23(29)27(26,34-3)35-4/h7-16H,1-6H3. The van der Waals surface area contributed by atoms with Crippen LogP contribution in [0.2, 0.25) is 0 Å². The zero-order chi connectivity index (χ0) is 27.7. The maximum absolute atomic E-state index is 14.5. The summed E-state index contributed by atoms with van der Waals surface area (Å²) in [5, 5.41) is 0. The van der Waals surface area contributed by atoms with E-state index in [2.05, 4.69) is 0 Å². The van der Waals surface area contributed by atoms with E-state index in [0.29, 0.717) is 11.1 Å². The number of rotatable bonds is 8. The fourth-order valence-corrected chi connectivity index (χ4v) is 5.26. The minimum Gasteiger partial charge on any atom is -0.466 e. The third kappa shape index (κ3) is 3.49. The van der Waals surface area contributed by atoms with Crippen LogP contribution in [0.15, 0.2) is 71.8 Å². The molecule has 10 nitrogen and oxygen atoms in total. The Hall–Kier alpha value is -3.67. The van der Waals surface area contributed by atoms with Gasteiger partial charge in [-0.2, -0.15) is 0 Å². The van der Waals surface area contributed by atoms with Crippen LogP contribution < -0.4 is 0 Å². The molecule has 1 unspecified atom stereocenters. The van der Waals surface area contributed by atoms with E-state index in [1.165, 1.54) is 28.4 Å². The zero-order valence-corrected chi connectivity index (χ0v) is 21.9. The minimum atomic E-state index is -2.33. The van der Waals surface area contributed by atoms with Crippen molar-refractivity contribution in [1.82, 2.24) is 0 Å². The summed E-state index contributed by atoms with van der Waals surface area (Å²) in [6.45, 7) is 0. The van der Waals surface area contributed by atoms with Crippen molar-refractivity contribution in [2.45, 2.75) is 17.4 Å². The summed E-state index contributed by atoms with van der Waals surface area (Å²) in [6.07, 6.45) is 0. The molecule has 0 radical (unpaired) electrons. The van der Waals surface area contributed by atoms with E-state index in [4.69, 9.17) is 33.2 Å². The van der Waals surface area contributed by atoms with E-state index in [-0.39, 0.29) is 11.1 Å². The van der Waals surface area contributed by atoms with Crippen molar-refractivity contribution >= 4 is 28.9 Å². The molecule has 0 N–H and O–H groups in total. The van der Waals surface area contributed by atoms with Gasteiger partial charge in [0.2, 0.25) is 5.78 Å². The van der Waals surface area contributed by atoms with Crippen molar-refractivity contribution < 1.29 is 47.5 Å². The largest absolute Gasteiger partial charge is 0.466 e. The maximum atomic E-state index is 14.5. The van der Waals surface area contributed by atoms with Crippen LogP contribution in [0.3, 0.4) is 0 Å². The maximum Gasteiger partial charge on any atom is 0.342 e. The number of methoxy groups -OCH3 is 6. The Morgan fingerprint density at radius 3 is 1.58 bits per heavy atom. The second-order valence-corrected chi connectivity index (χ2v) is 8.32. The van der Waals surface area contributed by atoms with Crippen molar-refractivity contribution in [1.29, 1.82) is 0 Å². The molecule has 1 spiro atoms. The second kappa shape index (κ2) is 10.2. The van der Waals surface area contributed by atoms with Crippen LogP contribution in [0.25, 0.3) is 11.1 Å². The summed E-state index contributed by atoms with van der Waals surface area (Å²) < 4.78 is 39.5. The van der Waals surface area contributed by atoms with Crippen LogP contribution in [-0.2, 0) is 47.5 Å². The topological polar surface area (TPSA) is 116 Å². The first-order valence-corrected chi connectivity index (χ1v) is 11.5. The van der Waals surface area contributed by atoms with Gasteiger partial charge < -0.3 is 33.2 Å². The summed E-state index contributed by atoms with van der Waals surface area (Å²) in [7, 11) is 7.13. The highest BCUT2D eigenvalue weighted by Gasteiger charge is 2.78. The van der Waals surface area contributed by atoms with Gasteiger partial charge in [-0.25, -0.2) is 9.59 Å². The molecule has 1 aliphatic carbocycles. The van der Waals surface area contributed by atoms with E-state index >= 15 is 0 Å². The fraction of sp³-hybridized carbons (Fsp3) is 0.321. The Balaban J connectivity index is 2.31. The Morgan fingerprint density at radius 1 is 0.658 bits per heavy atom. The molecule has 38 heavy (non-hydrogen) atoms. The van der Waals surface area contributed by atoms with Gasteiger partial charge in [0.05, 0.1) is 19.8 Å². The average Bonchev–Trinajstić information content (AvgIpc) is 3.39. The number of hydrogen-bond donors (Lipinski definition) is 0. The number of hydrogen-bond acceptors (Lipinski definition) is 10.